The summed E-state index contributed by atoms with van der Waals surface area (Å²) < 4.78 is 0. The highest BCUT2D eigenvalue weighted by Gasteiger charge is 2.39. The van der Waals surface area contributed by atoms with Crippen LogP contribution in [-0.2, 0) is 11.2 Å². The van der Waals surface area contributed by atoms with E-state index < -0.39 is 5.97 Å². The molecule has 2 atom stereocenters. The van der Waals surface area contributed by atoms with Crippen molar-refractivity contribution < 1.29 is 15.0 Å². The number of fused-ring (bicyclic) bond motifs is 1. The summed E-state index contributed by atoms with van der Waals surface area (Å²) in [6.45, 7) is 4.05. The van der Waals surface area contributed by atoms with E-state index in [4.69, 9.17) is 0 Å². The first-order valence-electron chi connectivity index (χ1n) is 14.2. The molecule has 38 heavy (non-hydrogen) atoms. The van der Waals surface area contributed by atoms with Crippen LogP contribution in [0.15, 0.2) is 72.8 Å². The number of rotatable bonds is 5. The van der Waals surface area contributed by atoms with Gasteiger partial charge >= 0.3 is 5.97 Å². The molecule has 0 aromatic heterocycles. The predicted molar refractivity (Wildman–Crippen MR) is 151 cm³/mol. The van der Waals surface area contributed by atoms with Crippen molar-refractivity contribution in [1.29, 1.82) is 0 Å². The minimum atomic E-state index is -0.716. The maximum Gasteiger partial charge on any atom is 0.317 e. The van der Waals surface area contributed by atoms with E-state index >= 15 is 0 Å². The number of carboxylic acid groups (broad SMARTS) is 1. The molecule has 3 aliphatic rings. The molecule has 5 nitrogen and oxygen atoms in total. The summed E-state index contributed by atoms with van der Waals surface area (Å²) in [5.74, 6) is 0.311. The third-order valence-electron chi connectivity index (χ3n) is 9.36. The van der Waals surface area contributed by atoms with Gasteiger partial charge in [0.2, 0.25) is 0 Å². The maximum atomic E-state index is 11.2. The number of likely N-dealkylation sites (tertiary alicyclic amines) is 1. The molecule has 5 heteroatoms. The number of aromatic hydroxyl groups is 1. The second-order valence-electron chi connectivity index (χ2n) is 11.7. The number of phenolic OH excluding ortho intramolecular Hbond substituents is 1. The standard InChI is InChI=1S/C33H38N2O3/c36-28-12-14-30-26(21-28)9-13-29(24-5-2-1-3-6-24)32(30)25-7-10-27(11-8-25)35-19-16-33(17-20-35)15-4-18-34(23-33)22-31(37)38/h1-3,5-8,10-12,14,21,29,32,36H,4,9,13,15-20,22-23H2,(H,37,38)/t29-,32+/m1/s1. The van der Waals surface area contributed by atoms with Crippen molar-refractivity contribution in [2.75, 3.05) is 37.6 Å². The van der Waals surface area contributed by atoms with E-state index in [1.54, 1.807) is 0 Å². The molecule has 2 saturated heterocycles. The summed E-state index contributed by atoms with van der Waals surface area (Å²) in [6, 6.07) is 26.0. The van der Waals surface area contributed by atoms with E-state index in [9.17, 15) is 15.0 Å². The Morgan fingerprint density at radius 1 is 0.895 bits per heavy atom. The Morgan fingerprint density at radius 2 is 1.66 bits per heavy atom. The summed E-state index contributed by atoms with van der Waals surface area (Å²) >= 11 is 0. The van der Waals surface area contributed by atoms with E-state index in [0.717, 1.165) is 58.3 Å². The Morgan fingerprint density at radius 3 is 2.39 bits per heavy atom. The van der Waals surface area contributed by atoms with Crippen LogP contribution in [0, 0.1) is 5.41 Å². The van der Waals surface area contributed by atoms with Crippen LogP contribution in [-0.4, -0.2) is 53.8 Å². The molecule has 2 fully saturated rings. The Labute approximate surface area is 225 Å². The van der Waals surface area contributed by atoms with Crippen molar-refractivity contribution in [2.24, 2.45) is 5.41 Å². The molecular weight excluding hydrogens is 472 g/mol. The van der Waals surface area contributed by atoms with Gasteiger partial charge in [-0.25, -0.2) is 0 Å². The van der Waals surface area contributed by atoms with Crippen LogP contribution in [0.3, 0.4) is 0 Å². The Bertz CT molecular complexity index is 1270. The van der Waals surface area contributed by atoms with Gasteiger partial charge < -0.3 is 15.1 Å². The average molecular weight is 511 g/mol. The Kier molecular flexibility index (Phi) is 6.87. The number of nitrogens with zero attached hydrogens (tertiary/aromatic N) is 2. The smallest absolute Gasteiger partial charge is 0.317 e. The third-order valence-corrected chi connectivity index (χ3v) is 9.36. The van der Waals surface area contributed by atoms with Crippen LogP contribution in [0.1, 0.15) is 66.2 Å². The number of aryl methyl sites for hydroxylation is 1. The van der Waals surface area contributed by atoms with Crippen molar-refractivity contribution in [1.82, 2.24) is 4.90 Å². The van der Waals surface area contributed by atoms with Crippen molar-refractivity contribution in [3.8, 4) is 5.75 Å². The molecule has 0 saturated carbocycles. The number of carboxylic acids is 1. The summed E-state index contributed by atoms with van der Waals surface area (Å²) in [6.07, 6.45) is 6.62. The summed E-state index contributed by atoms with van der Waals surface area (Å²) in [7, 11) is 0. The third kappa shape index (κ3) is 5.04. The second-order valence-corrected chi connectivity index (χ2v) is 11.7. The maximum absolute atomic E-state index is 11.2. The molecule has 0 unspecified atom stereocenters. The fourth-order valence-electron chi connectivity index (χ4n) is 7.45. The first-order valence-corrected chi connectivity index (χ1v) is 14.2. The number of benzene rings is 3. The van der Waals surface area contributed by atoms with Crippen LogP contribution in [0.5, 0.6) is 5.75 Å². The normalized spacial score (nSPS) is 23.2. The lowest BCUT2D eigenvalue weighted by Gasteiger charge is -2.48. The SMILES string of the molecule is O=C(O)CN1CCCC2(CCN(c3ccc([C@@H]4c5ccc(O)cc5CC[C@@H]4c4ccccc4)cc3)CC2)C1. The van der Waals surface area contributed by atoms with Crippen molar-refractivity contribution in [3.05, 3.63) is 95.1 Å². The van der Waals surface area contributed by atoms with Gasteiger partial charge in [0.15, 0.2) is 0 Å². The van der Waals surface area contributed by atoms with E-state index in [-0.39, 0.29) is 17.9 Å². The largest absolute Gasteiger partial charge is 0.508 e. The number of aliphatic carboxylic acids is 1. The van der Waals surface area contributed by atoms with E-state index in [1.807, 2.05) is 12.1 Å². The van der Waals surface area contributed by atoms with E-state index in [0.29, 0.717) is 11.7 Å². The predicted octanol–water partition coefficient (Wildman–Crippen LogP) is 6.02. The molecule has 2 heterocycles. The lowest BCUT2D eigenvalue weighted by Crippen LogP contribution is -2.50. The number of piperidine rings is 2. The highest BCUT2D eigenvalue weighted by molar-refractivity contribution is 5.69. The average Bonchev–Trinajstić information content (AvgIpc) is 2.93. The molecule has 0 bridgehead atoms. The van der Waals surface area contributed by atoms with Crippen LogP contribution >= 0.6 is 0 Å². The Balaban J connectivity index is 1.20. The highest BCUT2D eigenvalue weighted by Crippen LogP contribution is 2.47. The molecule has 2 N–H and O–H groups in total. The van der Waals surface area contributed by atoms with Gasteiger partial charge in [0, 0.05) is 31.2 Å². The van der Waals surface area contributed by atoms with Crippen LogP contribution < -0.4 is 4.90 Å². The zero-order chi connectivity index (χ0) is 26.1. The van der Waals surface area contributed by atoms with Crippen molar-refractivity contribution in [3.63, 3.8) is 0 Å². The van der Waals surface area contributed by atoms with Gasteiger partial charge in [-0.1, -0.05) is 48.5 Å². The Hall–Kier alpha value is -3.31. The first-order chi connectivity index (χ1) is 18.5. The molecule has 198 valence electrons. The van der Waals surface area contributed by atoms with Gasteiger partial charge in [-0.2, -0.15) is 0 Å². The van der Waals surface area contributed by atoms with Gasteiger partial charge in [-0.05, 0) is 103 Å². The lowest BCUT2D eigenvalue weighted by atomic mass is 9.69. The zero-order valence-electron chi connectivity index (χ0n) is 22.1. The molecular formula is C33H38N2O3. The minimum Gasteiger partial charge on any atom is -0.508 e. The van der Waals surface area contributed by atoms with E-state index in [1.165, 1.54) is 34.4 Å². The minimum absolute atomic E-state index is 0.167. The summed E-state index contributed by atoms with van der Waals surface area (Å²) in [5.41, 5.74) is 6.85. The molecule has 0 amide bonds. The number of hydrogen-bond acceptors (Lipinski definition) is 4. The van der Waals surface area contributed by atoms with Crippen molar-refractivity contribution in [2.45, 2.75) is 50.4 Å². The van der Waals surface area contributed by atoms with Crippen LogP contribution in [0.4, 0.5) is 5.69 Å². The summed E-state index contributed by atoms with van der Waals surface area (Å²) in [5, 5.41) is 19.4. The fourth-order valence-corrected chi connectivity index (χ4v) is 7.45. The van der Waals surface area contributed by atoms with Crippen LogP contribution in [0.2, 0.25) is 0 Å². The van der Waals surface area contributed by atoms with Gasteiger partial charge in [0.25, 0.3) is 0 Å². The van der Waals surface area contributed by atoms with Crippen LogP contribution in [0.25, 0.3) is 0 Å². The first kappa shape index (κ1) is 25.0. The van der Waals surface area contributed by atoms with Crippen molar-refractivity contribution >= 4 is 11.7 Å². The molecule has 0 radical (unpaired) electrons. The van der Waals surface area contributed by atoms with Gasteiger partial charge in [-0.3, -0.25) is 9.69 Å². The molecule has 3 aromatic carbocycles. The van der Waals surface area contributed by atoms with Gasteiger partial charge in [0.05, 0.1) is 6.54 Å². The van der Waals surface area contributed by atoms with E-state index in [2.05, 4.69) is 70.5 Å². The van der Waals surface area contributed by atoms with Gasteiger partial charge in [0.1, 0.15) is 5.75 Å². The number of phenols is 1. The fraction of sp³-hybridized carbons (Fsp3) is 0.424. The monoisotopic (exact) mass is 510 g/mol. The zero-order valence-corrected chi connectivity index (χ0v) is 22.1. The number of hydrogen-bond donors (Lipinski definition) is 2. The lowest BCUT2D eigenvalue weighted by molar-refractivity contribution is -0.139. The second kappa shape index (κ2) is 10.5. The number of carbonyl (C=O) groups is 1. The highest BCUT2D eigenvalue weighted by atomic mass is 16.4. The van der Waals surface area contributed by atoms with Gasteiger partial charge in [-0.15, -0.1) is 0 Å². The molecule has 2 aliphatic heterocycles. The molecule has 6 rings (SSSR count). The molecule has 1 aliphatic carbocycles. The number of anilines is 1. The topological polar surface area (TPSA) is 64.0 Å². The molecule has 1 spiro atoms. The summed E-state index contributed by atoms with van der Waals surface area (Å²) in [4.78, 5) is 15.9. The quantitative estimate of drug-likeness (QED) is 0.439. The molecule has 3 aromatic rings.